The summed E-state index contributed by atoms with van der Waals surface area (Å²) in [5, 5.41) is 25.7. The van der Waals surface area contributed by atoms with E-state index in [1.807, 2.05) is 30.3 Å². The number of H-pyrrole nitrogens is 1. The molecule has 4 aromatic carbocycles. The third-order valence-corrected chi connectivity index (χ3v) is 7.13. The number of aromatic hydroxyl groups is 1. The van der Waals surface area contributed by atoms with Crippen molar-refractivity contribution in [3.63, 3.8) is 0 Å². The van der Waals surface area contributed by atoms with E-state index in [-0.39, 0.29) is 15.8 Å². The van der Waals surface area contributed by atoms with Crippen LogP contribution >= 0.6 is 11.8 Å². The second-order valence-corrected chi connectivity index (χ2v) is 9.80. The Bertz CT molecular complexity index is 1540. The number of phenolic OH excluding ortho intramolecular Hbond substituents is 1. The molecule has 0 saturated heterocycles. The molecule has 0 bridgehead atoms. The smallest absolute Gasteiger partial charge is 0.261 e. The standard InChI is InChI=1S/C23H17N5O4S2/c29-22-19-9-5-4-8-18(19)20(14-21(22)33-23-24-27-28-25-23)26-34(30,31)17-12-10-16(11-13-17)32-15-6-2-1-3-7-15/h1-14,26,29H,(H,24,25,27,28). The summed E-state index contributed by atoms with van der Waals surface area (Å²) in [5.41, 5.74) is 0.309. The molecule has 0 spiro atoms. The van der Waals surface area contributed by atoms with Crippen LogP contribution < -0.4 is 9.46 Å². The fraction of sp³-hybridized carbons (Fsp3) is 0. The molecule has 34 heavy (non-hydrogen) atoms. The summed E-state index contributed by atoms with van der Waals surface area (Å²) in [5.74, 6) is 1.16. The van der Waals surface area contributed by atoms with Gasteiger partial charge in [-0.15, -0.1) is 10.2 Å². The number of benzene rings is 4. The number of nitrogens with zero attached hydrogens (tertiary/aromatic N) is 3. The number of rotatable bonds is 7. The number of nitrogens with one attached hydrogen (secondary N) is 2. The Labute approximate surface area is 198 Å². The van der Waals surface area contributed by atoms with Crippen molar-refractivity contribution < 1.29 is 18.3 Å². The van der Waals surface area contributed by atoms with E-state index < -0.39 is 10.0 Å². The van der Waals surface area contributed by atoms with Gasteiger partial charge < -0.3 is 9.84 Å². The quantitative estimate of drug-likeness (QED) is 0.277. The van der Waals surface area contributed by atoms with Crippen LogP contribution in [0.1, 0.15) is 0 Å². The van der Waals surface area contributed by atoms with Crippen LogP contribution in [0.4, 0.5) is 5.69 Å². The van der Waals surface area contributed by atoms with Gasteiger partial charge in [0.2, 0.25) is 5.16 Å². The summed E-state index contributed by atoms with van der Waals surface area (Å²) in [6.45, 7) is 0. The maximum Gasteiger partial charge on any atom is 0.261 e. The van der Waals surface area contributed by atoms with E-state index in [0.717, 1.165) is 11.8 Å². The van der Waals surface area contributed by atoms with E-state index in [2.05, 4.69) is 25.3 Å². The first-order valence-corrected chi connectivity index (χ1v) is 12.3. The third kappa shape index (κ3) is 4.51. The first-order chi connectivity index (χ1) is 16.5. The van der Waals surface area contributed by atoms with Gasteiger partial charge in [-0.25, -0.2) is 8.42 Å². The minimum Gasteiger partial charge on any atom is -0.506 e. The number of hydrogen-bond acceptors (Lipinski definition) is 8. The Morgan fingerprint density at radius 1 is 0.882 bits per heavy atom. The molecule has 0 saturated carbocycles. The van der Waals surface area contributed by atoms with Gasteiger partial charge in [0.1, 0.15) is 17.2 Å². The number of aromatic nitrogens is 4. The number of aromatic amines is 1. The zero-order valence-electron chi connectivity index (χ0n) is 17.4. The number of para-hydroxylation sites is 1. The average Bonchev–Trinajstić information content (AvgIpc) is 3.36. The maximum absolute atomic E-state index is 13.2. The van der Waals surface area contributed by atoms with Crippen LogP contribution in [0.5, 0.6) is 17.2 Å². The van der Waals surface area contributed by atoms with Crippen LogP contribution in [-0.2, 0) is 10.0 Å². The summed E-state index contributed by atoms with van der Waals surface area (Å²) in [4.78, 5) is 0.446. The molecule has 0 atom stereocenters. The lowest BCUT2D eigenvalue weighted by atomic mass is 10.1. The van der Waals surface area contributed by atoms with E-state index in [1.165, 1.54) is 12.1 Å². The Kier molecular flexibility index (Phi) is 5.78. The van der Waals surface area contributed by atoms with Crippen molar-refractivity contribution in [3.05, 3.63) is 84.9 Å². The van der Waals surface area contributed by atoms with Gasteiger partial charge in [0, 0.05) is 10.8 Å². The van der Waals surface area contributed by atoms with Crippen molar-refractivity contribution in [2.24, 2.45) is 0 Å². The molecular formula is C23H17N5O4S2. The number of fused-ring (bicyclic) bond motifs is 1. The molecule has 5 aromatic rings. The van der Waals surface area contributed by atoms with Crippen molar-refractivity contribution in [1.29, 1.82) is 0 Å². The number of tetrazole rings is 1. The van der Waals surface area contributed by atoms with Crippen molar-refractivity contribution in [1.82, 2.24) is 20.6 Å². The first-order valence-electron chi connectivity index (χ1n) is 10.0. The molecule has 1 aromatic heterocycles. The molecule has 0 aliphatic heterocycles. The molecule has 0 amide bonds. The topological polar surface area (TPSA) is 130 Å². The van der Waals surface area contributed by atoms with E-state index in [0.29, 0.717) is 32.9 Å². The highest BCUT2D eigenvalue weighted by molar-refractivity contribution is 7.99. The second kappa shape index (κ2) is 9.04. The Morgan fingerprint density at radius 2 is 1.56 bits per heavy atom. The van der Waals surface area contributed by atoms with Gasteiger partial charge in [-0.3, -0.25) is 4.72 Å². The van der Waals surface area contributed by atoms with Crippen LogP contribution in [0.15, 0.2) is 99.9 Å². The van der Waals surface area contributed by atoms with Crippen molar-refractivity contribution in [3.8, 4) is 17.2 Å². The predicted molar refractivity (Wildman–Crippen MR) is 128 cm³/mol. The summed E-state index contributed by atoms with van der Waals surface area (Å²) < 4.78 is 34.7. The fourth-order valence-electron chi connectivity index (χ4n) is 3.31. The lowest BCUT2D eigenvalue weighted by Crippen LogP contribution is -2.13. The predicted octanol–water partition coefficient (Wildman–Crippen LogP) is 4.80. The molecule has 0 unspecified atom stereocenters. The fourth-order valence-corrected chi connectivity index (χ4v) is 5.12. The molecule has 0 aliphatic rings. The van der Waals surface area contributed by atoms with Gasteiger partial charge in [0.15, 0.2) is 0 Å². The lowest BCUT2D eigenvalue weighted by Gasteiger charge is -2.14. The average molecular weight is 492 g/mol. The Balaban J connectivity index is 1.46. The van der Waals surface area contributed by atoms with Crippen LogP contribution in [0.3, 0.4) is 0 Å². The lowest BCUT2D eigenvalue weighted by molar-refractivity contribution is 0.469. The van der Waals surface area contributed by atoms with Gasteiger partial charge >= 0.3 is 0 Å². The highest BCUT2D eigenvalue weighted by atomic mass is 32.2. The van der Waals surface area contributed by atoms with E-state index in [4.69, 9.17) is 4.74 Å². The van der Waals surface area contributed by atoms with Crippen LogP contribution in [0, 0.1) is 0 Å². The van der Waals surface area contributed by atoms with Gasteiger partial charge in [-0.1, -0.05) is 42.5 Å². The number of ether oxygens (including phenoxy) is 1. The molecule has 1 heterocycles. The minimum absolute atomic E-state index is 0.00392. The molecule has 5 rings (SSSR count). The van der Waals surface area contributed by atoms with Crippen molar-refractivity contribution in [2.45, 2.75) is 14.9 Å². The zero-order chi connectivity index (χ0) is 23.5. The maximum atomic E-state index is 13.2. The van der Waals surface area contributed by atoms with Crippen LogP contribution in [-0.4, -0.2) is 34.1 Å². The molecule has 9 nitrogen and oxygen atoms in total. The molecular weight excluding hydrogens is 474 g/mol. The van der Waals surface area contributed by atoms with Gasteiger partial charge in [0.25, 0.3) is 10.0 Å². The largest absolute Gasteiger partial charge is 0.506 e. The van der Waals surface area contributed by atoms with E-state index in [1.54, 1.807) is 42.5 Å². The van der Waals surface area contributed by atoms with Crippen LogP contribution in [0.2, 0.25) is 0 Å². The second-order valence-electron chi connectivity index (χ2n) is 7.10. The summed E-state index contributed by atoms with van der Waals surface area (Å²) >= 11 is 1.06. The highest BCUT2D eigenvalue weighted by Gasteiger charge is 2.20. The monoisotopic (exact) mass is 491 g/mol. The van der Waals surface area contributed by atoms with Crippen LogP contribution in [0.25, 0.3) is 10.8 Å². The number of sulfonamides is 1. The molecule has 3 N–H and O–H groups in total. The SMILES string of the molecule is O=S(=O)(Nc1cc(Sc2nn[nH]n2)c(O)c2ccccc12)c1ccc(Oc2ccccc2)cc1. The highest BCUT2D eigenvalue weighted by Crippen LogP contribution is 2.42. The molecule has 0 radical (unpaired) electrons. The normalized spacial score (nSPS) is 11.4. The summed E-state index contributed by atoms with van der Waals surface area (Å²) in [7, 11) is -3.93. The van der Waals surface area contributed by atoms with E-state index >= 15 is 0 Å². The molecule has 11 heteroatoms. The summed E-state index contributed by atoms with van der Waals surface area (Å²) in [6.07, 6.45) is 0. The molecule has 0 fully saturated rings. The van der Waals surface area contributed by atoms with E-state index in [9.17, 15) is 13.5 Å². The van der Waals surface area contributed by atoms with Gasteiger partial charge in [0.05, 0.1) is 15.5 Å². The van der Waals surface area contributed by atoms with Gasteiger partial charge in [-0.2, -0.15) is 5.21 Å². The Morgan fingerprint density at radius 3 is 2.26 bits per heavy atom. The van der Waals surface area contributed by atoms with Crippen molar-refractivity contribution >= 4 is 38.2 Å². The zero-order valence-corrected chi connectivity index (χ0v) is 19.0. The van der Waals surface area contributed by atoms with Crippen molar-refractivity contribution in [2.75, 3.05) is 4.72 Å². The van der Waals surface area contributed by atoms with Gasteiger partial charge in [-0.05, 0) is 59.4 Å². The Hall–Kier alpha value is -4.09. The minimum atomic E-state index is -3.93. The third-order valence-electron chi connectivity index (χ3n) is 4.87. The number of hydrogen-bond donors (Lipinski definition) is 3. The number of anilines is 1. The first kappa shape index (κ1) is 21.7. The molecule has 170 valence electrons. The summed E-state index contributed by atoms with van der Waals surface area (Å²) in [6, 6.07) is 23.8. The number of phenols is 1. The molecule has 0 aliphatic carbocycles.